The fourth-order valence-corrected chi connectivity index (χ4v) is 9.96. The molecule has 72 heavy (non-hydrogen) atoms. The number of hydrogen-bond acceptors (Lipinski definition) is 5. The molecule has 0 aliphatic rings. The highest BCUT2D eigenvalue weighted by Gasteiger charge is 2.20. The van der Waals surface area contributed by atoms with Crippen LogP contribution in [-0.2, 0) is 14.3 Å². The Bertz CT molecular complexity index is 1170. The summed E-state index contributed by atoms with van der Waals surface area (Å²) < 4.78 is 5.47. The molecule has 0 heterocycles. The minimum absolute atomic E-state index is 0.00479. The molecule has 3 N–H and O–H groups in total. The molecule has 0 aromatic carbocycles. The molecule has 0 fully saturated rings. The zero-order valence-electron chi connectivity index (χ0n) is 48.4. The fraction of sp³-hybridized carbons (Fsp3) is 0.879. The molecular formula is C66H125NO5. The molecule has 0 radical (unpaired) electrons. The molecule has 2 unspecified atom stereocenters. The Balaban J connectivity index is 3.35. The number of aliphatic hydroxyl groups is 2. The maximum absolute atomic E-state index is 12.4. The molecule has 6 nitrogen and oxygen atoms in total. The van der Waals surface area contributed by atoms with E-state index in [9.17, 15) is 19.8 Å². The van der Waals surface area contributed by atoms with Gasteiger partial charge in [0.25, 0.3) is 0 Å². The number of aliphatic hydroxyl groups excluding tert-OH is 2. The van der Waals surface area contributed by atoms with E-state index in [1.54, 1.807) is 0 Å². The number of amides is 1. The number of rotatable bonds is 60. The van der Waals surface area contributed by atoms with Crippen LogP contribution in [0.15, 0.2) is 36.5 Å². The molecule has 6 heteroatoms. The summed E-state index contributed by atoms with van der Waals surface area (Å²) in [6.07, 6.45) is 77.6. The van der Waals surface area contributed by atoms with Crippen molar-refractivity contribution < 1.29 is 24.5 Å². The Kier molecular flexibility index (Phi) is 60.0. The van der Waals surface area contributed by atoms with Crippen molar-refractivity contribution in [2.24, 2.45) is 0 Å². The van der Waals surface area contributed by atoms with E-state index in [0.717, 1.165) is 51.4 Å². The smallest absolute Gasteiger partial charge is 0.305 e. The minimum atomic E-state index is -0.660. The van der Waals surface area contributed by atoms with Crippen molar-refractivity contribution in [2.75, 3.05) is 13.2 Å². The minimum Gasteiger partial charge on any atom is -0.466 e. The maximum atomic E-state index is 12.4. The molecular weight excluding hydrogens is 887 g/mol. The number of nitrogens with one attached hydrogen (secondary N) is 1. The van der Waals surface area contributed by atoms with Crippen LogP contribution in [0.3, 0.4) is 0 Å². The number of hydrogen-bond donors (Lipinski definition) is 3. The van der Waals surface area contributed by atoms with Gasteiger partial charge in [0.2, 0.25) is 5.91 Å². The first-order valence-corrected chi connectivity index (χ1v) is 32.2. The Labute approximate surface area is 449 Å². The van der Waals surface area contributed by atoms with E-state index < -0.39 is 12.1 Å². The van der Waals surface area contributed by atoms with Crippen LogP contribution >= 0.6 is 0 Å². The zero-order chi connectivity index (χ0) is 52.2. The van der Waals surface area contributed by atoms with Gasteiger partial charge in [-0.2, -0.15) is 0 Å². The van der Waals surface area contributed by atoms with Gasteiger partial charge in [-0.05, 0) is 83.5 Å². The Morgan fingerprint density at radius 2 is 0.694 bits per heavy atom. The van der Waals surface area contributed by atoms with Gasteiger partial charge < -0.3 is 20.3 Å². The topological polar surface area (TPSA) is 95.9 Å². The summed E-state index contributed by atoms with van der Waals surface area (Å²) in [5.74, 6) is -0.0299. The van der Waals surface area contributed by atoms with Crippen LogP contribution in [0.5, 0.6) is 0 Å². The van der Waals surface area contributed by atoms with Crippen LogP contribution in [-0.4, -0.2) is 47.4 Å². The number of carbonyl (C=O) groups excluding carboxylic acids is 2. The van der Waals surface area contributed by atoms with Crippen LogP contribution in [0.2, 0.25) is 0 Å². The molecule has 424 valence electrons. The highest BCUT2D eigenvalue weighted by atomic mass is 16.5. The van der Waals surface area contributed by atoms with Crippen molar-refractivity contribution in [3.63, 3.8) is 0 Å². The van der Waals surface area contributed by atoms with Crippen LogP contribution in [0.1, 0.15) is 348 Å². The van der Waals surface area contributed by atoms with Gasteiger partial charge in [0.05, 0.1) is 25.4 Å². The Morgan fingerprint density at radius 1 is 0.389 bits per heavy atom. The highest BCUT2D eigenvalue weighted by Crippen LogP contribution is 2.17. The molecule has 0 bridgehead atoms. The Hall–Kier alpha value is -1.92. The monoisotopic (exact) mass is 1010 g/mol. The van der Waals surface area contributed by atoms with Crippen molar-refractivity contribution in [2.45, 2.75) is 360 Å². The van der Waals surface area contributed by atoms with Crippen molar-refractivity contribution in [3.8, 4) is 0 Å². The van der Waals surface area contributed by atoms with E-state index in [-0.39, 0.29) is 18.5 Å². The quantitative estimate of drug-likeness (QED) is 0.0320. The van der Waals surface area contributed by atoms with Gasteiger partial charge in [-0.1, -0.05) is 288 Å². The first-order valence-electron chi connectivity index (χ1n) is 32.2. The third kappa shape index (κ3) is 57.4. The lowest BCUT2D eigenvalue weighted by Gasteiger charge is -2.22. The molecule has 0 aliphatic heterocycles. The molecule has 0 saturated heterocycles. The third-order valence-corrected chi connectivity index (χ3v) is 14.9. The predicted octanol–water partition coefficient (Wildman–Crippen LogP) is 20.4. The largest absolute Gasteiger partial charge is 0.466 e. The van der Waals surface area contributed by atoms with Gasteiger partial charge in [0.15, 0.2) is 0 Å². The van der Waals surface area contributed by atoms with Crippen LogP contribution < -0.4 is 5.32 Å². The van der Waals surface area contributed by atoms with Crippen molar-refractivity contribution in [1.82, 2.24) is 5.32 Å². The lowest BCUT2D eigenvalue weighted by molar-refractivity contribution is -0.143. The normalized spacial score (nSPS) is 12.8. The summed E-state index contributed by atoms with van der Waals surface area (Å²) in [5.41, 5.74) is 0. The van der Waals surface area contributed by atoms with E-state index in [1.807, 2.05) is 0 Å². The molecule has 0 rings (SSSR count). The molecule has 0 aromatic rings. The van der Waals surface area contributed by atoms with Crippen LogP contribution in [0.4, 0.5) is 0 Å². The number of carbonyl (C=O) groups is 2. The van der Waals surface area contributed by atoms with Gasteiger partial charge in [0.1, 0.15) is 0 Å². The standard InChI is InChI=1S/C66H125NO5/c1-3-5-7-9-11-13-14-36-40-44-48-52-56-60-66(71)72-61-57-53-49-45-41-38-35-33-31-29-27-25-23-21-19-17-15-16-18-20-22-24-26-28-30-32-34-37-39-43-47-51-55-59-65(70)67-63(62-68)64(69)58-54-50-46-42-12-10-8-6-4-2/h13-14,19,21,25,27,63-64,68-69H,3-12,15-18,20,22-24,26,28-62H2,1-2H3,(H,67,70)/b14-13-,21-19-,27-25-. The van der Waals surface area contributed by atoms with Crippen molar-refractivity contribution >= 4 is 11.9 Å². The molecule has 1 amide bonds. The predicted molar refractivity (Wildman–Crippen MR) is 315 cm³/mol. The average molecular weight is 1010 g/mol. The van der Waals surface area contributed by atoms with E-state index in [2.05, 4.69) is 55.6 Å². The highest BCUT2D eigenvalue weighted by molar-refractivity contribution is 5.76. The van der Waals surface area contributed by atoms with Gasteiger partial charge in [-0.15, -0.1) is 0 Å². The first-order chi connectivity index (χ1) is 35.5. The van der Waals surface area contributed by atoms with Gasteiger partial charge in [-0.3, -0.25) is 9.59 Å². The van der Waals surface area contributed by atoms with E-state index in [1.165, 1.54) is 263 Å². The van der Waals surface area contributed by atoms with E-state index in [4.69, 9.17) is 4.74 Å². The summed E-state index contributed by atoms with van der Waals surface area (Å²) in [5, 5.41) is 23.1. The number of allylic oxidation sites excluding steroid dienone is 6. The van der Waals surface area contributed by atoms with Crippen molar-refractivity contribution in [1.29, 1.82) is 0 Å². The van der Waals surface area contributed by atoms with E-state index in [0.29, 0.717) is 25.9 Å². The van der Waals surface area contributed by atoms with Crippen molar-refractivity contribution in [3.05, 3.63) is 36.5 Å². The zero-order valence-corrected chi connectivity index (χ0v) is 48.4. The van der Waals surface area contributed by atoms with E-state index >= 15 is 0 Å². The molecule has 0 spiro atoms. The van der Waals surface area contributed by atoms with Gasteiger partial charge in [0, 0.05) is 12.8 Å². The molecule has 2 atom stereocenters. The summed E-state index contributed by atoms with van der Waals surface area (Å²) in [4.78, 5) is 24.4. The van der Waals surface area contributed by atoms with Crippen LogP contribution in [0, 0.1) is 0 Å². The third-order valence-electron chi connectivity index (χ3n) is 14.9. The maximum Gasteiger partial charge on any atom is 0.305 e. The van der Waals surface area contributed by atoms with Gasteiger partial charge in [-0.25, -0.2) is 0 Å². The number of esters is 1. The second-order valence-electron chi connectivity index (χ2n) is 22.1. The molecule has 0 aromatic heterocycles. The lowest BCUT2D eigenvalue weighted by atomic mass is 10.0. The fourth-order valence-electron chi connectivity index (χ4n) is 9.96. The summed E-state index contributed by atoms with van der Waals surface area (Å²) in [6.45, 7) is 4.92. The average Bonchev–Trinajstić information content (AvgIpc) is 3.38. The lowest BCUT2D eigenvalue weighted by Crippen LogP contribution is -2.45. The van der Waals surface area contributed by atoms with Crippen LogP contribution in [0.25, 0.3) is 0 Å². The Morgan fingerprint density at radius 3 is 1.08 bits per heavy atom. The summed E-state index contributed by atoms with van der Waals surface area (Å²) in [7, 11) is 0. The second kappa shape index (κ2) is 61.6. The molecule has 0 saturated carbocycles. The van der Waals surface area contributed by atoms with Gasteiger partial charge >= 0.3 is 5.97 Å². The molecule has 0 aliphatic carbocycles. The summed E-state index contributed by atoms with van der Waals surface area (Å²) >= 11 is 0. The first kappa shape index (κ1) is 70.1. The number of unbranched alkanes of at least 4 members (excludes halogenated alkanes) is 43. The number of ether oxygens (including phenoxy) is 1. The summed E-state index contributed by atoms with van der Waals surface area (Å²) in [6, 6.07) is -0.538. The second-order valence-corrected chi connectivity index (χ2v) is 22.1. The SMILES string of the molecule is CCCCCC/C=C\CCCCCCCC(=O)OCCCCCCCCCCC/C=C\C/C=C\CCCCCCCCCCCCCCCCCCCC(=O)NC(CO)C(O)CCCCCCCCCCC.